The summed E-state index contributed by atoms with van der Waals surface area (Å²) in [6.45, 7) is 0.475. The third-order valence-electron chi connectivity index (χ3n) is 3.08. The van der Waals surface area contributed by atoms with E-state index in [1.165, 1.54) is 16.4 Å². The van der Waals surface area contributed by atoms with Crippen molar-refractivity contribution in [3.63, 3.8) is 0 Å². The summed E-state index contributed by atoms with van der Waals surface area (Å²) in [5, 5.41) is 0.274. The molecule has 0 aromatic heterocycles. The first-order valence-electron chi connectivity index (χ1n) is 6.04. The lowest BCUT2D eigenvalue weighted by atomic mass is 10.3. The minimum Gasteiger partial charge on any atom is -0.398 e. The Morgan fingerprint density at radius 2 is 2.15 bits per heavy atom. The summed E-state index contributed by atoms with van der Waals surface area (Å²) in [4.78, 5) is 0.0541. The molecule has 0 unspecified atom stereocenters. The highest BCUT2D eigenvalue weighted by Crippen LogP contribution is 2.35. The van der Waals surface area contributed by atoms with E-state index in [0.717, 1.165) is 12.8 Å². The van der Waals surface area contributed by atoms with Gasteiger partial charge in [0.2, 0.25) is 10.0 Å². The molecule has 0 amide bonds. The topological polar surface area (TPSA) is 63.4 Å². The lowest BCUT2D eigenvalue weighted by Gasteiger charge is -2.21. The minimum atomic E-state index is -3.71. The summed E-state index contributed by atoms with van der Waals surface area (Å²) in [5.41, 5.74) is 6.03. The zero-order valence-electron chi connectivity index (χ0n) is 10.6. The van der Waals surface area contributed by atoms with Gasteiger partial charge in [-0.1, -0.05) is 17.5 Å². The van der Waals surface area contributed by atoms with Crippen LogP contribution in [0.25, 0.3) is 0 Å². The Hall–Kier alpha value is -0.740. The molecule has 1 aromatic rings. The van der Waals surface area contributed by atoms with Gasteiger partial charge in [0.15, 0.2) is 0 Å². The summed E-state index contributed by atoms with van der Waals surface area (Å²) in [5.74, 6) is 2.79. The van der Waals surface area contributed by atoms with Crippen molar-refractivity contribution >= 4 is 43.2 Å². The van der Waals surface area contributed by atoms with Crippen molar-refractivity contribution in [2.24, 2.45) is 5.92 Å². The van der Waals surface area contributed by atoms with Gasteiger partial charge < -0.3 is 5.73 Å². The molecule has 1 aliphatic carbocycles. The standard InChI is InChI=1S/C13H14BrClN2O2S/c1-2-5-17(8-9-3-4-9)20(18,19)12-7-10(15)6-11(16)13(12)14/h1,6-7,9H,3-5,8,16H2. The second-order valence-corrected chi connectivity index (χ2v) is 7.89. The molecule has 20 heavy (non-hydrogen) atoms. The number of nitrogens with two attached hydrogens (primary N) is 1. The van der Waals surface area contributed by atoms with Gasteiger partial charge in [-0.2, -0.15) is 4.31 Å². The zero-order valence-corrected chi connectivity index (χ0v) is 13.8. The highest BCUT2D eigenvalue weighted by atomic mass is 79.9. The number of anilines is 1. The average Bonchev–Trinajstić information content (AvgIpc) is 3.17. The first-order valence-corrected chi connectivity index (χ1v) is 8.65. The molecule has 0 atom stereocenters. The Labute approximate surface area is 132 Å². The van der Waals surface area contributed by atoms with Crippen molar-refractivity contribution in [3.8, 4) is 12.3 Å². The molecule has 7 heteroatoms. The van der Waals surface area contributed by atoms with Crippen LogP contribution >= 0.6 is 27.5 Å². The number of sulfonamides is 1. The summed E-state index contributed by atoms with van der Waals surface area (Å²) in [7, 11) is -3.71. The molecule has 1 aliphatic rings. The number of hydrogen-bond acceptors (Lipinski definition) is 3. The number of halogens is 2. The van der Waals surface area contributed by atoms with Crippen molar-refractivity contribution < 1.29 is 8.42 Å². The fraction of sp³-hybridized carbons (Fsp3) is 0.385. The van der Waals surface area contributed by atoms with E-state index < -0.39 is 10.0 Å². The van der Waals surface area contributed by atoms with E-state index in [4.69, 9.17) is 23.8 Å². The SMILES string of the molecule is C#CCN(CC1CC1)S(=O)(=O)c1cc(Cl)cc(N)c1Br. The van der Waals surface area contributed by atoms with E-state index in [1.807, 2.05) is 0 Å². The van der Waals surface area contributed by atoms with E-state index >= 15 is 0 Å². The molecular formula is C13H14BrClN2O2S. The van der Waals surface area contributed by atoms with Gasteiger partial charge in [0.05, 0.1) is 15.9 Å². The van der Waals surface area contributed by atoms with Gasteiger partial charge in [-0.3, -0.25) is 0 Å². The van der Waals surface area contributed by atoms with Crippen molar-refractivity contribution in [1.29, 1.82) is 0 Å². The molecule has 108 valence electrons. The number of nitrogen functional groups attached to an aromatic ring is 1. The molecule has 4 nitrogen and oxygen atoms in total. The summed E-state index contributed by atoms with van der Waals surface area (Å²) >= 11 is 9.11. The Bertz CT molecular complexity index is 666. The third-order valence-corrected chi connectivity index (χ3v) is 6.28. The van der Waals surface area contributed by atoms with Crippen molar-refractivity contribution in [3.05, 3.63) is 21.6 Å². The number of nitrogens with zero attached hydrogens (tertiary/aromatic N) is 1. The minimum absolute atomic E-state index is 0.0394. The van der Waals surface area contributed by atoms with Crippen LogP contribution in [0.4, 0.5) is 5.69 Å². The van der Waals surface area contributed by atoms with Crippen molar-refractivity contribution in [1.82, 2.24) is 4.31 Å². The molecule has 1 aromatic carbocycles. The average molecular weight is 378 g/mol. The van der Waals surface area contributed by atoms with Crippen molar-refractivity contribution in [2.45, 2.75) is 17.7 Å². The molecule has 1 saturated carbocycles. The molecule has 0 heterocycles. The van der Waals surface area contributed by atoms with Gasteiger partial charge in [-0.25, -0.2) is 8.42 Å². The van der Waals surface area contributed by atoms with E-state index in [9.17, 15) is 8.42 Å². The Balaban J connectivity index is 2.44. The second-order valence-electron chi connectivity index (χ2n) is 4.75. The van der Waals surface area contributed by atoms with Gasteiger partial charge in [0, 0.05) is 17.3 Å². The molecule has 2 N–H and O–H groups in total. The van der Waals surface area contributed by atoms with Crippen LogP contribution in [0.2, 0.25) is 5.02 Å². The second kappa shape index (κ2) is 5.94. The Kier molecular flexibility index (Phi) is 4.65. The van der Waals surface area contributed by atoms with Crippen LogP contribution in [0.5, 0.6) is 0 Å². The quantitative estimate of drug-likeness (QED) is 0.634. The van der Waals surface area contributed by atoms with Crippen LogP contribution in [-0.2, 0) is 10.0 Å². The fourth-order valence-electron chi connectivity index (χ4n) is 1.85. The van der Waals surface area contributed by atoms with E-state index in [1.54, 1.807) is 0 Å². The lowest BCUT2D eigenvalue weighted by Crippen LogP contribution is -2.33. The van der Waals surface area contributed by atoms with Gasteiger partial charge in [-0.05, 0) is 46.8 Å². The Morgan fingerprint density at radius 3 is 2.70 bits per heavy atom. The molecule has 0 radical (unpaired) electrons. The Morgan fingerprint density at radius 1 is 1.50 bits per heavy atom. The first-order chi connectivity index (χ1) is 9.36. The van der Waals surface area contributed by atoms with E-state index in [0.29, 0.717) is 16.9 Å². The van der Waals surface area contributed by atoms with Gasteiger partial charge in [0.25, 0.3) is 0 Å². The maximum atomic E-state index is 12.7. The van der Waals surface area contributed by atoms with Gasteiger partial charge in [-0.15, -0.1) is 6.42 Å². The molecule has 0 aliphatic heterocycles. The highest BCUT2D eigenvalue weighted by molar-refractivity contribution is 9.10. The predicted octanol–water partition coefficient (Wildman–Crippen LogP) is 2.72. The zero-order chi connectivity index (χ0) is 14.9. The van der Waals surface area contributed by atoms with Crippen LogP contribution in [0.15, 0.2) is 21.5 Å². The summed E-state index contributed by atoms with van der Waals surface area (Å²) in [6.07, 6.45) is 7.35. The monoisotopic (exact) mass is 376 g/mol. The molecule has 2 rings (SSSR count). The van der Waals surface area contributed by atoms with Crippen LogP contribution in [0.3, 0.4) is 0 Å². The number of rotatable bonds is 5. The first kappa shape index (κ1) is 15.6. The smallest absolute Gasteiger partial charge is 0.245 e. The molecular weight excluding hydrogens is 364 g/mol. The maximum absolute atomic E-state index is 12.7. The van der Waals surface area contributed by atoms with Crippen LogP contribution < -0.4 is 5.73 Å². The van der Waals surface area contributed by atoms with Crippen molar-refractivity contribution in [2.75, 3.05) is 18.8 Å². The summed E-state index contributed by atoms with van der Waals surface area (Å²) < 4.78 is 27.0. The lowest BCUT2D eigenvalue weighted by molar-refractivity contribution is 0.430. The normalized spacial score (nSPS) is 15.3. The van der Waals surface area contributed by atoms with Crippen LogP contribution in [0.1, 0.15) is 12.8 Å². The van der Waals surface area contributed by atoms with E-state index in [-0.39, 0.29) is 22.2 Å². The molecule has 0 spiro atoms. The summed E-state index contributed by atoms with van der Waals surface area (Å²) in [6, 6.07) is 2.88. The highest BCUT2D eigenvalue weighted by Gasteiger charge is 2.32. The molecule has 0 bridgehead atoms. The fourth-order valence-corrected chi connectivity index (χ4v) is 4.53. The van der Waals surface area contributed by atoms with Gasteiger partial charge >= 0.3 is 0 Å². The number of terminal acetylenes is 1. The number of benzene rings is 1. The number of hydrogen-bond donors (Lipinski definition) is 1. The molecule has 0 saturated heterocycles. The molecule has 1 fully saturated rings. The third kappa shape index (κ3) is 3.29. The van der Waals surface area contributed by atoms with Gasteiger partial charge in [0.1, 0.15) is 0 Å². The maximum Gasteiger partial charge on any atom is 0.245 e. The van der Waals surface area contributed by atoms with Crippen LogP contribution in [-0.4, -0.2) is 25.8 Å². The largest absolute Gasteiger partial charge is 0.398 e. The predicted molar refractivity (Wildman–Crippen MR) is 83.9 cm³/mol. The van der Waals surface area contributed by atoms with E-state index in [2.05, 4.69) is 21.9 Å². The van der Waals surface area contributed by atoms with Crippen LogP contribution in [0, 0.1) is 18.3 Å².